The Hall–Kier alpha value is -3.43. The van der Waals surface area contributed by atoms with Gasteiger partial charge in [0.05, 0.1) is 18.2 Å². The number of nitrogens with zero attached hydrogens (tertiary/aromatic N) is 3. The minimum atomic E-state index is -0.848. The van der Waals surface area contributed by atoms with E-state index in [0.29, 0.717) is 41.5 Å². The van der Waals surface area contributed by atoms with Gasteiger partial charge in [0.1, 0.15) is 5.82 Å². The standard InChI is InChI=1S/C27H30ClFN4O4/c1-4-37-26(35)23-22(31(3)27(36)30-24(23)19-6-5-7-21(29)14-19)16-32-12-13-33(17(2)15-32)25(34)18-8-10-20(28)11-9-18/h5-11,14,17,24H,4,12-13,15-16H2,1-3H3,(H,30,36)/t17-,24+/m0/s1. The van der Waals surface area contributed by atoms with E-state index < -0.39 is 23.9 Å². The van der Waals surface area contributed by atoms with Crippen molar-refractivity contribution in [1.82, 2.24) is 20.0 Å². The van der Waals surface area contributed by atoms with E-state index in [4.69, 9.17) is 16.3 Å². The number of nitrogens with one attached hydrogen (secondary N) is 1. The van der Waals surface area contributed by atoms with Crippen molar-refractivity contribution in [2.24, 2.45) is 0 Å². The molecular weight excluding hydrogens is 499 g/mol. The Labute approximate surface area is 220 Å². The summed E-state index contributed by atoms with van der Waals surface area (Å²) in [5, 5.41) is 3.37. The molecule has 10 heteroatoms. The third-order valence-electron chi connectivity index (χ3n) is 6.69. The summed E-state index contributed by atoms with van der Waals surface area (Å²) in [6.07, 6.45) is 0. The molecule has 0 unspecified atom stereocenters. The highest BCUT2D eigenvalue weighted by Gasteiger charge is 2.38. The molecule has 2 heterocycles. The Kier molecular flexibility index (Phi) is 8.14. The van der Waals surface area contributed by atoms with E-state index >= 15 is 0 Å². The van der Waals surface area contributed by atoms with Gasteiger partial charge in [-0.1, -0.05) is 23.7 Å². The second kappa shape index (κ2) is 11.3. The van der Waals surface area contributed by atoms with Gasteiger partial charge in [0.25, 0.3) is 5.91 Å². The van der Waals surface area contributed by atoms with Crippen molar-refractivity contribution in [1.29, 1.82) is 0 Å². The van der Waals surface area contributed by atoms with Crippen molar-refractivity contribution < 1.29 is 23.5 Å². The van der Waals surface area contributed by atoms with Crippen molar-refractivity contribution >= 4 is 29.5 Å². The molecule has 8 nitrogen and oxygen atoms in total. The molecule has 0 radical (unpaired) electrons. The van der Waals surface area contributed by atoms with Gasteiger partial charge in [-0.15, -0.1) is 0 Å². The van der Waals surface area contributed by atoms with Crippen LogP contribution in [0.25, 0.3) is 0 Å². The maximum absolute atomic E-state index is 14.0. The minimum Gasteiger partial charge on any atom is -0.463 e. The van der Waals surface area contributed by atoms with Gasteiger partial charge < -0.3 is 15.0 Å². The van der Waals surface area contributed by atoms with Gasteiger partial charge in [0.15, 0.2) is 0 Å². The smallest absolute Gasteiger partial charge is 0.338 e. The number of halogens is 2. The quantitative estimate of drug-likeness (QED) is 0.576. The number of rotatable bonds is 6. The SMILES string of the molecule is CCOC(=O)C1=C(CN2CCN(C(=O)c3ccc(Cl)cc3)[C@@H](C)C2)N(C)C(=O)N[C@@H]1c1cccc(F)c1. The number of ether oxygens (including phenoxy) is 1. The number of hydrogen-bond acceptors (Lipinski definition) is 5. The van der Waals surface area contributed by atoms with Crippen molar-refractivity contribution in [2.45, 2.75) is 25.9 Å². The van der Waals surface area contributed by atoms with E-state index in [2.05, 4.69) is 10.2 Å². The van der Waals surface area contributed by atoms with Crippen molar-refractivity contribution in [3.63, 3.8) is 0 Å². The molecule has 4 rings (SSSR count). The Morgan fingerprint density at radius 2 is 1.89 bits per heavy atom. The number of piperazine rings is 1. The fourth-order valence-corrected chi connectivity index (χ4v) is 4.91. The highest BCUT2D eigenvalue weighted by Crippen LogP contribution is 2.32. The summed E-state index contributed by atoms with van der Waals surface area (Å²) >= 11 is 5.96. The van der Waals surface area contributed by atoms with Crippen LogP contribution in [0.5, 0.6) is 0 Å². The van der Waals surface area contributed by atoms with Crippen LogP contribution < -0.4 is 5.32 Å². The lowest BCUT2D eigenvalue weighted by molar-refractivity contribution is -0.139. The summed E-state index contributed by atoms with van der Waals surface area (Å²) in [6, 6.07) is 11.3. The van der Waals surface area contributed by atoms with Crippen LogP contribution in [0.1, 0.15) is 35.8 Å². The van der Waals surface area contributed by atoms with E-state index in [1.807, 2.05) is 11.8 Å². The molecule has 1 saturated heterocycles. The third kappa shape index (κ3) is 5.78. The molecule has 2 aliphatic rings. The van der Waals surface area contributed by atoms with Gasteiger partial charge in [0, 0.05) is 55.6 Å². The van der Waals surface area contributed by atoms with E-state index in [0.717, 1.165) is 0 Å². The fourth-order valence-electron chi connectivity index (χ4n) is 4.78. The van der Waals surface area contributed by atoms with Gasteiger partial charge in [-0.05, 0) is 55.8 Å². The highest BCUT2D eigenvalue weighted by molar-refractivity contribution is 6.30. The molecule has 0 aliphatic carbocycles. The molecule has 1 fully saturated rings. The van der Waals surface area contributed by atoms with Crippen LogP contribution >= 0.6 is 11.6 Å². The van der Waals surface area contributed by atoms with Crippen LogP contribution in [-0.2, 0) is 9.53 Å². The van der Waals surface area contributed by atoms with Crippen LogP contribution in [0.4, 0.5) is 9.18 Å². The summed E-state index contributed by atoms with van der Waals surface area (Å²) in [5.41, 5.74) is 1.77. The Morgan fingerprint density at radius 3 is 2.54 bits per heavy atom. The van der Waals surface area contributed by atoms with E-state index in [1.165, 1.54) is 23.1 Å². The minimum absolute atomic E-state index is 0.0735. The molecule has 0 saturated carbocycles. The van der Waals surface area contributed by atoms with E-state index in [9.17, 15) is 18.8 Å². The zero-order valence-corrected chi connectivity index (χ0v) is 21.8. The number of benzene rings is 2. The molecule has 3 amide bonds. The molecule has 0 spiro atoms. The molecule has 37 heavy (non-hydrogen) atoms. The van der Waals surface area contributed by atoms with Crippen molar-refractivity contribution in [2.75, 3.05) is 39.8 Å². The number of likely N-dealkylation sites (N-methyl/N-ethyl adjacent to an activating group) is 1. The lowest BCUT2D eigenvalue weighted by Gasteiger charge is -2.42. The maximum atomic E-state index is 14.0. The Bertz CT molecular complexity index is 1220. The Balaban J connectivity index is 1.59. The van der Waals surface area contributed by atoms with Gasteiger partial charge in [-0.25, -0.2) is 14.0 Å². The lowest BCUT2D eigenvalue weighted by Crippen LogP contribution is -2.56. The number of carbonyl (C=O) groups is 3. The summed E-state index contributed by atoms with van der Waals surface area (Å²) in [4.78, 5) is 44.4. The predicted molar refractivity (Wildman–Crippen MR) is 137 cm³/mol. The Morgan fingerprint density at radius 1 is 1.16 bits per heavy atom. The second-order valence-electron chi connectivity index (χ2n) is 9.17. The molecule has 196 valence electrons. The average molecular weight is 529 g/mol. The van der Waals surface area contributed by atoms with Crippen LogP contribution in [0, 0.1) is 5.82 Å². The molecule has 2 aromatic carbocycles. The van der Waals surface area contributed by atoms with Gasteiger partial charge in [-0.3, -0.25) is 14.6 Å². The zero-order valence-electron chi connectivity index (χ0n) is 21.0. The highest BCUT2D eigenvalue weighted by atomic mass is 35.5. The molecule has 2 aliphatic heterocycles. The van der Waals surface area contributed by atoms with Crippen LogP contribution in [0.15, 0.2) is 59.8 Å². The molecule has 2 atom stereocenters. The molecule has 2 aromatic rings. The number of carbonyl (C=O) groups excluding carboxylic acids is 3. The van der Waals surface area contributed by atoms with Crippen molar-refractivity contribution in [3.05, 3.63) is 81.8 Å². The molecule has 1 N–H and O–H groups in total. The first-order valence-corrected chi connectivity index (χ1v) is 12.6. The monoisotopic (exact) mass is 528 g/mol. The van der Waals surface area contributed by atoms with Gasteiger partial charge in [0.2, 0.25) is 0 Å². The number of amides is 3. The average Bonchev–Trinajstić information content (AvgIpc) is 2.87. The molecule has 0 bridgehead atoms. The largest absolute Gasteiger partial charge is 0.463 e. The van der Waals surface area contributed by atoms with Crippen molar-refractivity contribution in [3.8, 4) is 0 Å². The first-order valence-electron chi connectivity index (χ1n) is 12.2. The summed E-state index contributed by atoms with van der Waals surface area (Å²) < 4.78 is 19.4. The lowest BCUT2D eigenvalue weighted by atomic mass is 9.94. The predicted octanol–water partition coefficient (Wildman–Crippen LogP) is 3.84. The first kappa shape index (κ1) is 26.6. The second-order valence-corrected chi connectivity index (χ2v) is 9.60. The summed E-state index contributed by atoms with van der Waals surface area (Å²) in [7, 11) is 1.59. The number of esters is 1. The van der Waals surface area contributed by atoms with Gasteiger partial charge >= 0.3 is 12.0 Å². The first-order chi connectivity index (χ1) is 17.7. The summed E-state index contributed by atoms with van der Waals surface area (Å²) in [6.45, 7) is 5.69. The fraction of sp³-hybridized carbons (Fsp3) is 0.370. The number of hydrogen-bond donors (Lipinski definition) is 1. The maximum Gasteiger partial charge on any atom is 0.338 e. The zero-order chi connectivity index (χ0) is 26.7. The normalized spacial score (nSPS) is 20.6. The van der Waals surface area contributed by atoms with Gasteiger partial charge in [-0.2, -0.15) is 0 Å². The molecular formula is C27H30ClFN4O4. The van der Waals surface area contributed by atoms with Crippen LogP contribution in [0.3, 0.4) is 0 Å². The topological polar surface area (TPSA) is 82.2 Å². The van der Waals surface area contributed by atoms with E-state index in [-0.39, 0.29) is 30.7 Å². The van der Waals surface area contributed by atoms with Crippen LogP contribution in [-0.4, -0.2) is 78.5 Å². The van der Waals surface area contributed by atoms with Crippen LogP contribution in [0.2, 0.25) is 5.02 Å². The van der Waals surface area contributed by atoms with E-state index in [1.54, 1.807) is 44.3 Å². The summed E-state index contributed by atoms with van der Waals surface area (Å²) in [5.74, 6) is -1.11. The third-order valence-corrected chi connectivity index (χ3v) is 6.94. The number of urea groups is 1. The molecule has 0 aromatic heterocycles.